The summed E-state index contributed by atoms with van der Waals surface area (Å²) in [6.07, 6.45) is 3.06. The van der Waals surface area contributed by atoms with Crippen LogP contribution in [-0.4, -0.2) is 18.5 Å². The fraction of sp³-hybridized carbons (Fsp3) is 0.500. The zero-order chi connectivity index (χ0) is 14.3. The van der Waals surface area contributed by atoms with Crippen molar-refractivity contribution in [2.24, 2.45) is 0 Å². The molecule has 5 heteroatoms. The summed E-state index contributed by atoms with van der Waals surface area (Å²) in [5.74, 6) is -1.34. The van der Waals surface area contributed by atoms with E-state index in [9.17, 15) is 13.6 Å². The number of carbonyl (C=O) groups is 1. The molecule has 0 fully saturated rings. The molecule has 0 aliphatic carbocycles. The molecule has 3 nitrogen and oxygen atoms in total. The molecule has 0 heterocycles. The van der Waals surface area contributed by atoms with Crippen LogP contribution >= 0.6 is 0 Å². The van der Waals surface area contributed by atoms with Gasteiger partial charge >= 0.3 is 0 Å². The molecule has 0 aliphatic heterocycles. The van der Waals surface area contributed by atoms with Crippen LogP contribution in [0.3, 0.4) is 0 Å². The monoisotopic (exact) mass is 270 g/mol. The standard InChI is InChI=1S/C14H20F2N2O/c1-3-4-5-8-17-14(19)10(2)18-13-9-11(15)6-7-12(13)16/h6-7,9-10,18H,3-5,8H2,1-2H3,(H,17,19). The van der Waals surface area contributed by atoms with Gasteiger partial charge in [0.25, 0.3) is 0 Å². The number of hydrogen-bond donors (Lipinski definition) is 2. The second-order valence-electron chi connectivity index (χ2n) is 4.49. The van der Waals surface area contributed by atoms with E-state index in [0.29, 0.717) is 6.54 Å². The summed E-state index contributed by atoms with van der Waals surface area (Å²) in [4.78, 5) is 11.7. The van der Waals surface area contributed by atoms with Crippen LogP contribution in [0.2, 0.25) is 0 Å². The first kappa shape index (κ1) is 15.4. The predicted molar refractivity (Wildman–Crippen MR) is 72.0 cm³/mol. The van der Waals surface area contributed by atoms with Gasteiger partial charge in [-0.05, 0) is 31.5 Å². The molecule has 0 radical (unpaired) electrons. The smallest absolute Gasteiger partial charge is 0.242 e. The van der Waals surface area contributed by atoms with Crippen molar-refractivity contribution >= 4 is 11.6 Å². The summed E-state index contributed by atoms with van der Waals surface area (Å²) in [7, 11) is 0. The third-order valence-corrected chi connectivity index (χ3v) is 2.77. The van der Waals surface area contributed by atoms with E-state index < -0.39 is 17.7 Å². The Hall–Kier alpha value is -1.65. The topological polar surface area (TPSA) is 41.1 Å². The second kappa shape index (κ2) is 7.71. The Balaban J connectivity index is 2.47. The number of rotatable bonds is 7. The number of halogens is 2. The third kappa shape index (κ3) is 5.24. The number of amides is 1. The van der Waals surface area contributed by atoms with Crippen LogP contribution in [0, 0.1) is 11.6 Å². The largest absolute Gasteiger partial charge is 0.371 e. The molecule has 0 bridgehead atoms. The van der Waals surface area contributed by atoms with E-state index in [-0.39, 0.29) is 11.6 Å². The maximum atomic E-state index is 13.4. The van der Waals surface area contributed by atoms with E-state index >= 15 is 0 Å². The normalized spacial score (nSPS) is 12.0. The molecular weight excluding hydrogens is 250 g/mol. The highest BCUT2D eigenvalue weighted by Crippen LogP contribution is 2.16. The van der Waals surface area contributed by atoms with Gasteiger partial charge < -0.3 is 10.6 Å². The van der Waals surface area contributed by atoms with Gasteiger partial charge in [0, 0.05) is 6.54 Å². The number of unbranched alkanes of at least 4 members (excludes halogenated alkanes) is 2. The van der Waals surface area contributed by atoms with Crippen molar-refractivity contribution in [1.82, 2.24) is 5.32 Å². The lowest BCUT2D eigenvalue weighted by Gasteiger charge is -2.15. The predicted octanol–water partition coefficient (Wildman–Crippen LogP) is 3.07. The fourth-order valence-electron chi connectivity index (χ4n) is 1.65. The van der Waals surface area contributed by atoms with Crippen LogP contribution in [0.25, 0.3) is 0 Å². The van der Waals surface area contributed by atoms with Gasteiger partial charge in [-0.3, -0.25) is 4.79 Å². The molecule has 1 amide bonds. The zero-order valence-electron chi connectivity index (χ0n) is 11.3. The average Bonchev–Trinajstić information content (AvgIpc) is 2.38. The second-order valence-corrected chi connectivity index (χ2v) is 4.49. The van der Waals surface area contributed by atoms with Crippen LogP contribution in [-0.2, 0) is 4.79 Å². The summed E-state index contributed by atoms with van der Waals surface area (Å²) in [6.45, 7) is 4.29. The number of anilines is 1. The number of hydrogen-bond acceptors (Lipinski definition) is 2. The Morgan fingerprint density at radius 1 is 1.32 bits per heavy atom. The van der Waals surface area contributed by atoms with Gasteiger partial charge in [-0.15, -0.1) is 0 Å². The van der Waals surface area contributed by atoms with Gasteiger partial charge in [-0.2, -0.15) is 0 Å². The van der Waals surface area contributed by atoms with Gasteiger partial charge in [0.2, 0.25) is 5.91 Å². The molecule has 0 saturated heterocycles. The molecular formula is C14H20F2N2O. The maximum absolute atomic E-state index is 13.4. The quantitative estimate of drug-likeness (QED) is 0.748. The Kier molecular flexibility index (Phi) is 6.25. The Morgan fingerprint density at radius 3 is 2.74 bits per heavy atom. The molecule has 0 saturated carbocycles. The van der Waals surface area contributed by atoms with E-state index in [0.717, 1.165) is 37.5 Å². The third-order valence-electron chi connectivity index (χ3n) is 2.77. The molecule has 1 rings (SSSR count). The lowest BCUT2D eigenvalue weighted by Crippen LogP contribution is -2.38. The Labute approximate surface area is 112 Å². The Bertz CT molecular complexity index is 424. The molecule has 19 heavy (non-hydrogen) atoms. The number of nitrogens with one attached hydrogen (secondary N) is 2. The van der Waals surface area contributed by atoms with Gasteiger partial charge in [0.15, 0.2) is 0 Å². The molecule has 1 unspecified atom stereocenters. The summed E-state index contributed by atoms with van der Waals surface area (Å²) in [5.41, 5.74) is -0.00351. The number of benzene rings is 1. The van der Waals surface area contributed by atoms with Gasteiger partial charge in [-0.1, -0.05) is 19.8 Å². The van der Waals surface area contributed by atoms with E-state index in [1.54, 1.807) is 6.92 Å². The van der Waals surface area contributed by atoms with Crippen molar-refractivity contribution in [3.63, 3.8) is 0 Å². The van der Waals surface area contributed by atoms with Gasteiger partial charge in [0.1, 0.15) is 17.7 Å². The highest BCUT2D eigenvalue weighted by atomic mass is 19.1. The van der Waals surface area contributed by atoms with E-state index in [1.807, 2.05) is 0 Å². The van der Waals surface area contributed by atoms with Crippen molar-refractivity contribution in [3.8, 4) is 0 Å². The highest BCUT2D eigenvalue weighted by molar-refractivity contribution is 5.84. The van der Waals surface area contributed by atoms with Crippen LogP contribution in [0.1, 0.15) is 33.1 Å². The first-order valence-electron chi connectivity index (χ1n) is 6.54. The minimum Gasteiger partial charge on any atom is -0.371 e. The van der Waals surface area contributed by atoms with Crippen molar-refractivity contribution in [2.75, 3.05) is 11.9 Å². The Morgan fingerprint density at radius 2 is 2.05 bits per heavy atom. The molecule has 2 N–H and O–H groups in total. The number of carbonyl (C=O) groups excluding carboxylic acids is 1. The van der Waals surface area contributed by atoms with Crippen LogP contribution < -0.4 is 10.6 Å². The first-order chi connectivity index (χ1) is 9.04. The molecule has 0 aliphatic rings. The van der Waals surface area contributed by atoms with Crippen molar-refractivity contribution in [2.45, 2.75) is 39.2 Å². The van der Waals surface area contributed by atoms with Crippen LogP contribution in [0.4, 0.5) is 14.5 Å². The maximum Gasteiger partial charge on any atom is 0.242 e. The van der Waals surface area contributed by atoms with E-state index in [2.05, 4.69) is 17.6 Å². The van der Waals surface area contributed by atoms with Gasteiger partial charge in [-0.25, -0.2) is 8.78 Å². The molecule has 1 aromatic rings. The summed E-state index contributed by atoms with van der Waals surface area (Å²) >= 11 is 0. The molecule has 1 aromatic carbocycles. The highest BCUT2D eigenvalue weighted by Gasteiger charge is 2.14. The van der Waals surface area contributed by atoms with Crippen molar-refractivity contribution < 1.29 is 13.6 Å². The SMILES string of the molecule is CCCCCNC(=O)C(C)Nc1cc(F)ccc1F. The van der Waals surface area contributed by atoms with E-state index in [4.69, 9.17) is 0 Å². The first-order valence-corrected chi connectivity index (χ1v) is 6.54. The minimum absolute atomic E-state index is 0.00351. The summed E-state index contributed by atoms with van der Waals surface area (Å²) in [5, 5.41) is 5.42. The van der Waals surface area contributed by atoms with Crippen molar-refractivity contribution in [1.29, 1.82) is 0 Å². The fourth-order valence-corrected chi connectivity index (χ4v) is 1.65. The van der Waals surface area contributed by atoms with Gasteiger partial charge in [0.05, 0.1) is 5.69 Å². The lowest BCUT2D eigenvalue weighted by atomic mass is 10.2. The molecule has 0 spiro atoms. The lowest BCUT2D eigenvalue weighted by molar-refractivity contribution is -0.121. The van der Waals surface area contributed by atoms with Crippen molar-refractivity contribution in [3.05, 3.63) is 29.8 Å². The molecule has 106 valence electrons. The summed E-state index contributed by atoms with van der Waals surface area (Å²) < 4.78 is 26.4. The zero-order valence-corrected chi connectivity index (χ0v) is 11.3. The van der Waals surface area contributed by atoms with E-state index in [1.165, 1.54) is 0 Å². The minimum atomic E-state index is -0.613. The molecule has 1 atom stereocenters. The average molecular weight is 270 g/mol. The van der Waals surface area contributed by atoms with Crippen LogP contribution in [0.15, 0.2) is 18.2 Å². The molecule has 0 aromatic heterocycles. The van der Waals surface area contributed by atoms with Crippen LogP contribution in [0.5, 0.6) is 0 Å². The summed E-state index contributed by atoms with van der Waals surface area (Å²) in [6, 6.07) is 2.49.